The highest BCUT2D eigenvalue weighted by molar-refractivity contribution is 7.90. The smallest absolute Gasteiger partial charge is 0.262 e. The highest BCUT2D eigenvalue weighted by Crippen LogP contribution is 2.18. The van der Waals surface area contributed by atoms with Crippen molar-refractivity contribution < 1.29 is 22.7 Å². The Bertz CT molecular complexity index is 831. The molecule has 0 aliphatic carbocycles. The van der Waals surface area contributed by atoms with Gasteiger partial charge < -0.3 is 14.8 Å². The van der Waals surface area contributed by atoms with Crippen LogP contribution in [0.15, 0.2) is 48.5 Å². The Kier molecular flexibility index (Phi) is 7.03. The molecule has 0 aliphatic rings. The van der Waals surface area contributed by atoms with Crippen LogP contribution in [0.5, 0.6) is 11.5 Å². The van der Waals surface area contributed by atoms with Gasteiger partial charge in [-0.25, -0.2) is 8.42 Å². The first-order valence-electron chi connectivity index (χ1n) is 8.28. The van der Waals surface area contributed by atoms with E-state index in [1.165, 1.54) is 5.56 Å². The average Bonchev–Trinajstić information content (AvgIpc) is 2.60. The Morgan fingerprint density at radius 1 is 1.04 bits per heavy atom. The van der Waals surface area contributed by atoms with Crippen LogP contribution in [0.1, 0.15) is 12.5 Å². The van der Waals surface area contributed by atoms with E-state index in [-0.39, 0.29) is 24.9 Å². The number of benzene rings is 2. The normalized spacial score (nSPS) is 11.0. The van der Waals surface area contributed by atoms with Gasteiger partial charge in [0.1, 0.15) is 18.1 Å². The van der Waals surface area contributed by atoms with Gasteiger partial charge in [0.15, 0.2) is 16.4 Å². The van der Waals surface area contributed by atoms with Crippen molar-refractivity contribution in [2.75, 3.05) is 30.5 Å². The SMILES string of the molecule is CCc1ccc(OCC(=O)Nc2cccc(OCCS(C)(=O)=O)c2)cc1. The Morgan fingerprint density at radius 3 is 2.42 bits per heavy atom. The van der Waals surface area contributed by atoms with Crippen LogP contribution in [-0.2, 0) is 21.1 Å². The maximum absolute atomic E-state index is 12.0. The van der Waals surface area contributed by atoms with E-state index in [0.29, 0.717) is 17.2 Å². The van der Waals surface area contributed by atoms with Gasteiger partial charge in [0.25, 0.3) is 5.91 Å². The molecule has 0 bridgehead atoms. The number of anilines is 1. The number of carbonyl (C=O) groups is 1. The molecule has 0 saturated carbocycles. The van der Waals surface area contributed by atoms with E-state index < -0.39 is 9.84 Å². The molecule has 2 rings (SSSR count). The molecule has 0 fully saturated rings. The summed E-state index contributed by atoms with van der Waals surface area (Å²) < 4.78 is 33.1. The molecular formula is C19H23NO5S. The lowest BCUT2D eigenvalue weighted by Crippen LogP contribution is -2.20. The lowest BCUT2D eigenvalue weighted by atomic mass is 10.2. The zero-order valence-corrected chi connectivity index (χ0v) is 15.7. The van der Waals surface area contributed by atoms with E-state index in [4.69, 9.17) is 9.47 Å². The van der Waals surface area contributed by atoms with Crippen LogP contribution >= 0.6 is 0 Å². The second kappa shape index (κ2) is 9.24. The molecular weight excluding hydrogens is 354 g/mol. The standard InChI is InChI=1S/C19H23NO5S/c1-3-15-7-9-17(10-8-15)25-14-19(21)20-16-5-4-6-18(13-16)24-11-12-26(2,22)23/h4-10,13H,3,11-12,14H2,1-2H3,(H,20,21). The van der Waals surface area contributed by atoms with Crippen molar-refractivity contribution in [2.45, 2.75) is 13.3 Å². The molecule has 0 atom stereocenters. The lowest BCUT2D eigenvalue weighted by molar-refractivity contribution is -0.118. The van der Waals surface area contributed by atoms with Crippen LogP contribution in [0.4, 0.5) is 5.69 Å². The van der Waals surface area contributed by atoms with Crippen LogP contribution in [0, 0.1) is 0 Å². The van der Waals surface area contributed by atoms with Crippen LogP contribution < -0.4 is 14.8 Å². The van der Waals surface area contributed by atoms with Crippen LogP contribution in [0.25, 0.3) is 0 Å². The zero-order chi connectivity index (χ0) is 19.0. The van der Waals surface area contributed by atoms with Crippen LogP contribution in [0.3, 0.4) is 0 Å². The number of ether oxygens (including phenoxy) is 2. The van der Waals surface area contributed by atoms with Gasteiger partial charge in [0.2, 0.25) is 0 Å². The quantitative estimate of drug-likeness (QED) is 0.727. The van der Waals surface area contributed by atoms with E-state index >= 15 is 0 Å². The summed E-state index contributed by atoms with van der Waals surface area (Å²) in [5.74, 6) is 0.768. The molecule has 0 radical (unpaired) electrons. The first-order chi connectivity index (χ1) is 12.4. The Morgan fingerprint density at radius 2 is 1.77 bits per heavy atom. The number of amides is 1. The topological polar surface area (TPSA) is 81.7 Å². The fourth-order valence-electron chi connectivity index (χ4n) is 2.14. The summed E-state index contributed by atoms with van der Waals surface area (Å²) in [6, 6.07) is 14.4. The van der Waals surface area contributed by atoms with Gasteiger partial charge in [-0.15, -0.1) is 0 Å². The van der Waals surface area contributed by atoms with Crippen molar-refractivity contribution in [1.82, 2.24) is 0 Å². The summed E-state index contributed by atoms with van der Waals surface area (Å²) in [4.78, 5) is 12.0. The largest absolute Gasteiger partial charge is 0.492 e. The van der Waals surface area contributed by atoms with Crippen molar-refractivity contribution in [3.05, 3.63) is 54.1 Å². The monoisotopic (exact) mass is 377 g/mol. The fourth-order valence-corrected chi connectivity index (χ4v) is 2.53. The molecule has 2 aromatic rings. The third kappa shape index (κ3) is 7.14. The summed E-state index contributed by atoms with van der Waals surface area (Å²) >= 11 is 0. The molecule has 0 saturated heterocycles. The molecule has 26 heavy (non-hydrogen) atoms. The third-order valence-electron chi connectivity index (χ3n) is 3.54. The number of carbonyl (C=O) groups excluding carboxylic acids is 1. The maximum atomic E-state index is 12.0. The number of hydrogen-bond donors (Lipinski definition) is 1. The van der Waals surface area contributed by atoms with Crippen LogP contribution in [-0.4, -0.2) is 39.5 Å². The molecule has 6 nitrogen and oxygen atoms in total. The highest BCUT2D eigenvalue weighted by Gasteiger charge is 2.06. The minimum Gasteiger partial charge on any atom is -0.492 e. The van der Waals surface area contributed by atoms with Gasteiger partial charge in [-0.2, -0.15) is 0 Å². The summed E-state index contributed by atoms with van der Waals surface area (Å²) in [7, 11) is -3.07. The van der Waals surface area contributed by atoms with E-state index in [9.17, 15) is 13.2 Å². The molecule has 0 spiro atoms. The molecule has 1 N–H and O–H groups in total. The second-order valence-corrected chi connectivity index (χ2v) is 8.10. The number of rotatable bonds is 9. The third-order valence-corrected chi connectivity index (χ3v) is 4.45. The highest BCUT2D eigenvalue weighted by atomic mass is 32.2. The summed E-state index contributed by atoms with van der Waals surface area (Å²) in [5.41, 5.74) is 1.76. The van der Waals surface area contributed by atoms with Crippen molar-refractivity contribution in [3.8, 4) is 11.5 Å². The maximum Gasteiger partial charge on any atom is 0.262 e. The van der Waals surface area contributed by atoms with Gasteiger partial charge >= 0.3 is 0 Å². The molecule has 7 heteroatoms. The number of nitrogens with one attached hydrogen (secondary N) is 1. The molecule has 1 amide bonds. The van der Waals surface area contributed by atoms with Gasteiger partial charge in [0, 0.05) is 18.0 Å². The first kappa shape index (κ1) is 19.8. The molecule has 0 aliphatic heterocycles. The van der Waals surface area contributed by atoms with Crippen molar-refractivity contribution in [3.63, 3.8) is 0 Å². The molecule has 140 valence electrons. The van der Waals surface area contributed by atoms with Crippen LogP contribution in [0.2, 0.25) is 0 Å². The Hall–Kier alpha value is -2.54. The van der Waals surface area contributed by atoms with E-state index in [0.717, 1.165) is 12.7 Å². The molecule has 0 aromatic heterocycles. The minimum atomic E-state index is -3.07. The summed E-state index contributed by atoms with van der Waals surface area (Å²) in [5, 5.41) is 2.72. The minimum absolute atomic E-state index is 0.0613. The van der Waals surface area contributed by atoms with Crippen molar-refractivity contribution in [1.29, 1.82) is 0 Å². The predicted molar refractivity (Wildman–Crippen MR) is 102 cm³/mol. The molecule has 2 aromatic carbocycles. The van der Waals surface area contributed by atoms with Gasteiger partial charge in [-0.1, -0.05) is 25.1 Å². The fraction of sp³-hybridized carbons (Fsp3) is 0.316. The summed E-state index contributed by atoms with van der Waals surface area (Å²) in [6.07, 6.45) is 2.10. The summed E-state index contributed by atoms with van der Waals surface area (Å²) in [6.45, 7) is 2.03. The van der Waals surface area contributed by atoms with E-state index in [1.54, 1.807) is 24.3 Å². The van der Waals surface area contributed by atoms with Gasteiger partial charge in [-0.3, -0.25) is 4.79 Å². The molecule has 0 heterocycles. The molecule has 0 unspecified atom stereocenters. The number of sulfone groups is 1. The predicted octanol–water partition coefficient (Wildman–Crippen LogP) is 2.69. The van der Waals surface area contributed by atoms with Gasteiger partial charge in [-0.05, 0) is 36.2 Å². The second-order valence-electron chi connectivity index (χ2n) is 5.84. The van der Waals surface area contributed by atoms with Gasteiger partial charge in [0.05, 0.1) is 5.75 Å². The first-order valence-corrected chi connectivity index (χ1v) is 10.3. The Labute approximate surface area is 154 Å². The average molecular weight is 377 g/mol. The lowest BCUT2D eigenvalue weighted by Gasteiger charge is -2.10. The zero-order valence-electron chi connectivity index (χ0n) is 14.9. The van der Waals surface area contributed by atoms with Crippen molar-refractivity contribution in [2.24, 2.45) is 0 Å². The number of hydrogen-bond acceptors (Lipinski definition) is 5. The number of aryl methyl sites for hydroxylation is 1. The Balaban J connectivity index is 1.83. The van der Waals surface area contributed by atoms with Crippen molar-refractivity contribution >= 4 is 21.4 Å². The van der Waals surface area contributed by atoms with E-state index in [1.807, 2.05) is 24.3 Å². The van der Waals surface area contributed by atoms with E-state index in [2.05, 4.69) is 12.2 Å².